The van der Waals surface area contributed by atoms with Crippen LogP contribution in [0.4, 0.5) is 0 Å². The Morgan fingerprint density at radius 2 is 1.90 bits per heavy atom. The zero-order valence-electron chi connectivity index (χ0n) is 11.3. The Hall–Kier alpha value is -2.04. The lowest BCUT2D eigenvalue weighted by atomic mass is 10.1. The Bertz CT molecular complexity index is 583. The van der Waals surface area contributed by atoms with E-state index < -0.39 is 0 Å². The first-order chi connectivity index (χ1) is 9.76. The van der Waals surface area contributed by atoms with Gasteiger partial charge in [-0.1, -0.05) is 24.3 Å². The molecule has 0 radical (unpaired) electrons. The number of rotatable bonds is 2. The third-order valence-corrected chi connectivity index (χ3v) is 3.53. The summed E-state index contributed by atoms with van der Waals surface area (Å²) in [5.41, 5.74) is 1.96. The van der Waals surface area contributed by atoms with Gasteiger partial charge in [0.2, 0.25) is 0 Å². The number of hydroxylamine groups is 2. The quantitative estimate of drug-likeness (QED) is 0.846. The van der Waals surface area contributed by atoms with Crippen molar-refractivity contribution < 1.29 is 14.5 Å². The van der Waals surface area contributed by atoms with E-state index >= 15 is 0 Å². The average Bonchev–Trinajstić information content (AvgIpc) is 2.65. The zero-order chi connectivity index (χ0) is 13.9. The SMILES string of the molecule is COc1ccc(C2C[NH+]([O-])Cc3ccccc3O2)cc1. The lowest BCUT2D eigenvalue weighted by molar-refractivity contribution is -0.865. The van der Waals surface area contributed by atoms with Crippen molar-refractivity contribution in [3.8, 4) is 11.5 Å². The van der Waals surface area contributed by atoms with Crippen LogP contribution in [0.5, 0.6) is 11.5 Å². The molecule has 0 amide bonds. The Labute approximate surface area is 118 Å². The maximum atomic E-state index is 12.0. The van der Waals surface area contributed by atoms with E-state index in [0.717, 1.165) is 22.6 Å². The van der Waals surface area contributed by atoms with Crippen LogP contribution in [-0.4, -0.2) is 13.7 Å². The second kappa shape index (κ2) is 5.53. The summed E-state index contributed by atoms with van der Waals surface area (Å²) in [7, 11) is 1.64. The first-order valence-corrected chi connectivity index (χ1v) is 6.66. The van der Waals surface area contributed by atoms with E-state index in [9.17, 15) is 5.21 Å². The maximum Gasteiger partial charge on any atom is 0.173 e. The summed E-state index contributed by atoms with van der Waals surface area (Å²) in [6.07, 6.45) is -0.225. The number of hydrogen-bond donors (Lipinski definition) is 1. The summed E-state index contributed by atoms with van der Waals surface area (Å²) in [5, 5.41) is 12.3. The number of quaternary nitrogens is 1. The van der Waals surface area contributed by atoms with E-state index in [4.69, 9.17) is 9.47 Å². The molecule has 2 aromatic rings. The van der Waals surface area contributed by atoms with Crippen molar-refractivity contribution in [1.82, 2.24) is 0 Å². The molecule has 1 heterocycles. The highest BCUT2D eigenvalue weighted by atomic mass is 16.5. The van der Waals surface area contributed by atoms with Gasteiger partial charge in [-0.2, -0.15) is 0 Å². The van der Waals surface area contributed by atoms with E-state index in [1.165, 1.54) is 0 Å². The normalized spacial score (nSPS) is 21.5. The van der Waals surface area contributed by atoms with E-state index in [1.54, 1.807) is 7.11 Å². The van der Waals surface area contributed by atoms with Gasteiger partial charge in [0.1, 0.15) is 24.6 Å². The van der Waals surface area contributed by atoms with Crippen LogP contribution in [0.1, 0.15) is 17.2 Å². The fourth-order valence-electron chi connectivity index (χ4n) is 2.46. The first-order valence-electron chi connectivity index (χ1n) is 6.66. The van der Waals surface area contributed by atoms with Gasteiger partial charge in [-0.3, -0.25) is 0 Å². The molecule has 2 atom stereocenters. The fraction of sp³-hybridized carbons (Fsp3) is 0.250. The van der Waals surface area contributed by atoms with E-state index in [2.05, 4.69) is 0 Å². The van der Waals surface area contributed by atoms with Crippen LogP contribution >= 0.6 is 0 Å². The highest BCUT2D eigenvalue weighted by Gasteiger charge is 2.23. The van der Waals surface area contributed by atoms with Crippen molar-refractivity contribution >= 4 is 0 Å². The lowest BCUT2D eigenvalue weighted by Gasteiger charge is -2.23. The summed E-state index contributed by atoms with van der Waals surface area (Å²) in [6, 6.07) is 15.4. The molecule has 0 bridgehead atoms. The van der Waals surface area contributed by atoms with Gasteiger partial charge in [-0.25, -0.2) is 0 Å². The van der Waals surface area contributed by atoms with Crippen molar-refractivity contribution in [2.24, 2.45) is 0 Å². The Morgan fingerprint density at radius 3 is 2.65 bits per heavy atom. The molecule has 1 aliphatic heterocycles. The molecule has 2 aromatic carbocycles. The molecule has 0 fully saturated rings. The molecule has 0 aromatic heterocycles. The molecule has 0 spiro atoms. The van der Waals surface area contributed by atoms with Crippen molar-refractivity contribution in [1.29, 1.82) is 0 Å². The van der Waals surface area contributed by atoms with Crippen LogP contribution in [0.25, 0.3) is 0 Å². The molecule has 2 unspecified atom stereocenters. The predicted molar refractivity (Wildman–Crippen MR) is 75.7 cm³/mol. The smallest absolute Gasteiger partial charge is 0.173 e. The highest BCUT2D eigenvalue weighted by Crippen LogP contribution is 2.27. The number of nitrogens with one attached hydrogen (secondary N) is 1. The van der Waals surface area contributed by atoms with Gasteiger partial charge < -0.3 is 19.7 Å². The molecule has 20 heavy (non-hydrogen) atoms. The summed E-state index contributed by atoms with van der Waals surface area (Å²) >= 11 is 0. The molecule has 0 saturated carbocycles. The minimum absolute atomic E-state index is 0.204. The molecule has 4 heteroatoms. The molecular formula is C16H17NO3. The molecule has 1 N–H and O–H groups in total. The number of benzene rings is 2. The third kappa shape index (κ3) is 2.61. The van der Waals surface area contributed by atoms with Crippen LogP contribution in [0.3, 0.4) is 0 Å². The van der Waals surface area contributed by atoms with E-state index in [0.29, 0.717) is 13.1 Å². The minimum Gasteiger partial charge on any atom is -0.634 e. The fourth-order valence-corrected chi connectivity index (χ4v) is 2.46. The number of fused-ring (bicyclic) bond motifs is 1. The van der Waals surface area contributed by atoms with Gasteiger partial charge in [-0.15, -0.1) is 0 Å². The van der Waals surface area contributed by atoms with Crippen molar-refractivity contribution in [3.05, 3.63) is 64.9 Å². The molecule has 1 aliphatic rings. The number of hydrogen-bond acceptors (Lipinski definition) is 3. The topological polar surface area (TPSA) is 46.0 Å². The monoisotopic (exact) mass is 271 g/mol. The first kappa shape index (κ1) is 13.0. The van der Waals surface area contributed by atoms with E-state index in [1.807, 2.05) is 48.5 Å². The number of para-hydroxylation sites is 1. The number of methoxy groups -OCH3 is 1. The van der Waals surface area contributed by atoms with Crippen LogP contribution < -0.4 is 14.5 Å². The van der Waals surface area contributed by atoms with Gasteiger partial charge in [0, 0.05) is 5.56 Å². The lowest BCUT2D eigenvalue weighted by Crippen LogP contribution is -3.06. The Kier molecular flexibility index (Phi) is 3.58. The Morgan fingerprint density at radius 1 is 1.15 bits per heavy atom. The van der Waals surface area contributed by atoms with Crippen LogP contribution in [-0.2, 0) is 6.54 Å². The number of ether oxygens (including phenoxy) is 2. The third-order valence-electron chi connectivity index (χ3n) is 3.53. The van der Waals surface area contributed by atoms with Gasteiger partial charge >= 0.3 is 0 Å². The average molecular weight is 271 g/mol. The van der Waals surface area contributed by atoms with Crippen LogP contribution in [0.15, 0.2) is 48.5 Å². The van der Waals surface area contributed by atoms with Crippen molar-refractivity contribution in [3.63, 3.8) is 0 Å². The summed E-state index contributed by atoms with van der Waals surface area (Å²) in [6.45, 7) is 0.851. The second-order valence-corrected chi connectivity index (χ2v) is 4.91. The zero-order valence-corrected chi connectivity index (χ0v) is 11.3. The van der Waals surface area contributed by atoms with Gasteiger partial charge in [0.15, 0.2) is 6.10 Å². The highest BCUT2D eigenvalue weighted by molar-refractivity contribution is 5.35. The maximum absolute atomic E-state index is 12.0. The summed E-state index contributed by atoms with van der Waals surface area (Å²) in [4.78, 5) is 0. The largest absolute Gasteiger partial charge is 0.634 e. The predicted octanol–water partition coefficient (Wildman–Crippen LogP) is 1.71. The second-order valence-electron chi connectivity index (χ2n) is 4.91. The molecule has 0 aliphatic carbocycles. The molecule has 104 valence electrons. The van der Waals surface area contributed by atoms with Gasteiger partial charge in [0.25, 0.3) is 0 Å². The molecule has 0 saturated heterocycles. The molecule has 4 nitrogen and oxygen atoms in total. The van der Waals surface area contributed by atoms with Gasteiger partial charge in [-0.05, 0) is 29.8 Å². The van der Waals surface area contributed by atoms with Gasteiger partial charge in [0.05, 0.1) is 7.11 Å². The van der Waals surface area contributed by atoms with Crippen molar-refractivity contribution in [2.45, 2.75) is 12.6 Å². The summed E-state index contributed by atoms with van der Waals surface area (Å²) in [5.74, 6) is 1.60. The van der Waals surface area contributed by atoms with Crippen molar-refractivity contribution in [2.75, 3.05) is 13.7 Å². The molecule has 3 rings (SSSR count). The minimum atomic E-state index is -0.225. The standard InChI is InChI=1S/C16H17NO3/c1-19-14-8-6-12(7-9-14)16-11-17(18)10-13-4-2-3-5-15(13)20-16/h2-9,16-17H,10-11H2,1H3. The van der Waals surface area contributed by atoms with Crippen LogP contribution in [0.2, 0.25) is 0 Å². The molecular weight excluding hydrogens is 254 g/mol. The van der Waals surface area contributed by atoms with E-state index in [-0.39, 0.29) is 11.2 Å². The van der Waals surface area contributed by atoms with Crippen LogP contribution in [0, 0.1) is 5.21 Å². The Balaban J connectivity index is 1.89. The summed E-state index contributed by atoms with van der Waals surface area (Å²) < 4.78 is 11.2.